The number of carbonyl (C=O) groups is 1. The molecule has 0 radical (unpaired) electrons. The summed E-state index contributed by atoms with van der Waals surface area (Å²) < 4.78 is 2.00. The van der Waals surface area contributed by atoms with Crippen molar-refractivity contribution >= 4 is 5.78 Å². The number of ketones is 1. The normalized spacial score (nSPS) is 9.93. The van der Waals surface area contributed by atoms with Gasteiger partial charge in [0.15, 0.2) is 18.2 Å². The Morgan fingerprint density at radius 2 is 1.60 bits per heavy atom. The number of carbonyl (C=O) groups excluding carboxylic acids is 1. The molecule has 0 spiro atoms. The molecule has 0 unspecified atom stereocenters. The third kappa shape index (κ3) is 2.10. The zero-order chi connectivity index (χ0) is 10.7. The van der Waals surface area contributed by atoms with Gasteiger partial charge in [0.05, 0.1) is 0 Å². The van der Waals surface area contributed by atoms with Crippen LogP contribution in [0.2, 0.25) is 0 Å². The molecule has 15 heavy (non-hydrogen) atoms. The number of aromatic nitrogens is 1. The van der Waals surface area contributed by atoms with Gasteiger partial charge in [-0.1, -0.05) is 6.07 Å². The topological polar surface area (TPSA) is 20.9 Å². The molecule has 0 aliphatic heterocycles. The van der Waals surface area contributed by atoms with Crippen molar-refractivity contribution in [2.75, 3.05) is 0 Å². The summed E-state index contributed by atoms with van der Waals surface area (Å²) in [5, 5.41) is 0. The summed E-state index contributed by atoms with van der Waals surface area (Å²) in [5.74, 6) is 0.0969. The number of pyridine rings is 1. The minimum absolute atomic E-state index is 0.0969. The first kappa shape index (κ1) is 9.59. The van der Waals surface area contributed by atoms with E-state index in [1.165, 1.54) is 0 Å². The third-order valence-corrected chi connectivity index (χ3v) is 2.29. The zero-order valence-corrected chi connectivity index (χ0v) is 8.55. The Bertz CT molecular complexity index is 460. The summed E-state index contributed by atoms with van der Waals surface area (Å²) in [4.78, 5) is 11.1. The van der Waals surface area contributed by atoms with Gasteiger partial charge in [-0.2, -0.15) is 4.57 Å². The van der Waals surface area contributed by atoms with Crippen LogP contribution in [0, 0.1) is 0 Å². The number of Topliss-reactive ketones (excluding diaryl/α,β-unsaturated/α-hetero) is 1. The maximum atomic E-state index is 11.1. The van der Waals surface area contributed by atoms with Gasteiger partial charge in [-0.05, 0) is 19.1 Å². The largest absolute Gasteiger partial charge is 0.295 e. The Balaban J connectivity index is 2.36. The second-order valence-corrected chi connectivity index (χ2v) is 3.39. The van der Waals surface area contributed by atoms with E-state index >= 15 is 0 Å². The van der Waals surface area contributed by atoms with Gasteiger partial charge in [-0.15, -0.1) is 0 Å². The Hall–Kier alpha value is -1.96. The highest BCUT2D eigenvalue weighted by atomic mass is 16.1. The monoisotopic (exact) mass is 198 g/mol. The van der Waals surface area contributed by atoms with Gasteiger partial charge in [0.1, 0.15) is 0 Å². The van der Waals surface area contributed by atoms with E-state index < -0.39 is 0 Å². The SMILES string of the molecule is CC(=O)c1ccc(-[n+]2ccccc2)cc1. The molecule has 1 aromatic heterocycles. The van der Waals surface area contributed by atoms with Crippen LogP contribution in [0.5, 0.6) is 0 Å². The standard InChI is InChI=1S/C13H12NO/c1-11(15)12-5-7-13(8-6-12)14-9-3-2-4-10-14/h2-10H,1H3/q+1. The fourth-order valence-electron chi connectivity index (χ4n) is 1.44. The van der Waals surface area contributed by atoms with Crippen LogP contribution in [0.15, 0.2) is 54.9 Å². The summed E-state index contributed by atoms with van der Waals surface area (Å²) >= 11 is 0. The zero-order valence-electron chi connectivity index (χ0n) is 8.55. The van der Waals surface area contributed by atoms with Crippen LogP contribution < -0.4 is 4.57 Å². The second kappa shape index (κ2) is 4.05. The number of benzene rings is 1. The van der Waals surface area contributed by atoms with E-state index in [9.17, 15) is 4.79 Å². The third-order valence-electron chi connectivity index (χ3n) is 2.29. The molecule has 0 N–H and O–H groups in total. The van der Waals surface area contributed by atoms with Crippen LogP contribution in [-0.4, -0.2) is 5.78 Å². The summed E-state index contributed by atoms with van der Waals surface area (Å²) in [6.07, 6.45) is 3.95. The van der Waals surface area contributed by atoms with Crippen LogP contribution in [0.1, 0.15) is 17.3 Å². The summed E-state index contributed by atoms with van der Waals surface area (Å²) in [6.45, 7) is 1.57. The molecule has 1 aromatic carbocycles. The molecule has 2 nitrogen and oxygen atoms in total. The van der Waals surface area contributed by atoms with Gasteiger partial charge in [0.2, 0.25) is 5.69 Å². The van der Waals surface area contributed by atoms with Crippen LogP contribution in [0.25, 0.3) is 5.69 Å². The van der Waals surface area contributed by atoms with Crippen molar-refractivity contribution in [2.24, 2.45) is 0 Å². The maximum Gasteiger partial charge on any atom is 0.210 e. The quantitative estimate of drug-likeness (QED) is 0.535. The van der Waals surface area contributed by atoms with Crippen LogP contribution in [-0.2, 0) is 0 Å². The van der Waals surface area contributed by atoms with Gasteiger partial charge in [-0.25, -0.2) is 0 Å². The Kier molecular flexibility index (Phi) is 2.59. The molecule has 2 heteroatoms. The summed E-state index contributed by atoms with van der Waals surface area (Å²) in [5.41, 5.74) is 1.80. The average molecular weight is 198 g/mol. The highest BCUT2D eigenvalue weighted by molar-refractivity contribution is 5.94. The van der Waals surface area contributed by atoms with Gasteiger partial charge in [0, 0.05) is 29.8 Å². The highest BCUT2D eigenvalue weighted by Gasteiger charge is 2.04. The number of hydrogen-bond acceptors (Lipinski definition) is 1. The molecule has 0 saturated carbocycles. The van der Waals surface area contributed by atoms with Crippen molar-refractivity contribution < 1.29 is 9.36 Å². The number of nitrogens with zero attached hydrogens (tertiary/aromatic N) is 1. The Morgan fingerprint density at radius 1 is 1.00 bits per heavy atom. The van der Waals surface area contributed by atoms with Gasteiger partial charge < -0.3 is 0 Å². The first-order chi connectivity index (χ1) is 7.27. The Labute approximate surface area is 88.8 Å². The van der Waals surface area contributed by atoms with Crippen molar-refractivity contribution in [1.29, 1.82) is 0 Å². The first-order valence-corrected chi connectivity index (χ1v) is 4.85. The van der Waals surface area contributed by atoms with Gasteiger partial charge >= 0.3 is 0 Å². The molecular formula is C13H12NO+. The van der Waals surface area contributed by atoms with Crippen LogP contribution in [0.4, 0.5) is 0 Å². The maximum absolute atomic E-state index is 11.1. The minimum atomic E-state index is 0.0969. The lowest BCUT2D eigenvalue weighted by Gasteiger charge is -1.96. The molecule has 74 valence electrons. The van der Waals surface area contributed by atoms with Crippen LogP contribution >= 0.6 is 0 Å². The van der Waals surface area contributed by atoms with Gasteiger partial charge in [-0.3, -0.25) is 4.79 Å². The molecule has 1 heterocycles. The minimum Gasteiger partial charge on any atom is -0.295 e. The van der Waals surface area contributed by atoms with E-state index in [1.807, 2.05) is 59.4 Å². The van der Waals surface area contributed by atoms with Crippen molar-refractivity contribution in [3.05, 3.63) is 60.4 Å². The van der Waals surface area contributed by atoms with E-state index in [-0.39, 0.29) is 5.78 Å². The predicted molar refractivity (Wildman–Crippen MR) is 58.0 cm³/mol. The second-order valence-electron chi connectivity index (χ2n) is 3.39. The average Bonchev–Trinajstić information content (AvgIpc) is 2.30. The predicted octanol–water partition coefficient (Wildman–Crippen LogP) is 2.17. The molecule has 0 bridgehead atoms. The highest BCUT2D eigenvalue weighted by Crippen LogP contribution is 2.04. The first-order valence-electron chi connectivity index (χ1n) is 4.85. The molecule has 2 aromatic rings. The van der Waals surface area contributed by atoms with Crippen molar-refractivity contribution in [1.82, 2.24) is 0 Å². The van der Waals surface area contributed by atoms with Gasteiger partial charge in [0.25, 0.3) is 0 Å². The smallest absolute Gasteiger partial charge is 0.210 e. The van der Waals surface area contributed by atoms with Crippen LogP contribution in [0.3, 0.4) is 0 Å². The molecule has 2 rings (SSSR count). The number of rotatable bonds is 2. The lowest BCUT2D eigenvalue weighted by atomic mass is 10.1. The molecule has 0 aliphatic carbocycles. The molecular weight excluding hydrogens is 186 g/mol. The van der Waals surface area contributed by atoms with Crippen molar-refractivity contribution in [2.45, 2.75) is 6.92 Å². The molecule has 0 saturated heterocycles. The van der Waals surface area contributed by atoms with E-state index in [1.54, 1.807) is 6.92 Å². The summed E-state index contributed by atoms with van der Waals surface area (Å²) in [6, 6.07) is 13.5. The van der Waals surface area contributed by atoms with Crippen molar-refractivity contribution in [3.63, 3.8) is 0 Å². The fourth-order valence-corrected chi connectivity index (χ4v) is 1.44. The Morgan fingerprint density at radius 3 is 2.13 bits per heavy atom. The number of hydrogen-bond donors (Lipinski definition) is 0. The fraction of sp³-hybridized carbons (Fsp3) is 0.0769. The molecule has 0 fully saturated rings. The summed E-state index contributed by atoms with van der Waals surface area (Å²) in [7, 11) is 0. The lowest BCUT2D eigenvalue weighted by molar-refractivity contribution is -0.595. The van der Waals surface area contributed by atoms with E-state index in [2.05, 4.69) is 0 Å². The van der Waals surface area contributed by atoms with Crippen molar-refractivity contribution in [3.8, 4) is 5.69 Å². The van der Waals surface area contributed by atoms with E-state index in [4.69, 9.17) is 0 Å². The van der Waals surface area contributed by atoms with E-state index in [0.717, 1.165) is 11.3 Å². The molecule has 0 aliphatic rings. The van der Waals surface area contributed by atoms with E-state index in [0.29, 0.717) is 0 Å². The molecule has 0 amide bonds. The molecule has 0 atom stereocenters. The lowest BCUT2D eigenvalue weighted by Crippen LogP contribution is -2.28.